The average molecular weight is 374 g/mol. The van der Waals surface area contributed by atoms with Gasteiger partial charge in [0, 0.05) is 43.4 Å². The van der Waals surface area contributed by atoms with Crippen LogP contribution in [0, 0.1) is 0 Å². The number of carbonyl (C=O) groups excluding carboxylic acids is 1. The lowest BCUT2D eigenvalue weighted by atomic mass is 10.2. The number of ether oxygens (including phenoxy) is 1. The molecule has 1 aliphatic heterocycles. The molecule has 6 heteroatoms. The quantitative estimate of drug-likeness (QED) is 0.877. The molecule has 1 saturated heterocycles. The molecule has 0 bridgehead atoms. The van der Waals surface area contributed by atoms with Crippen LogP contribution >= 0.6 is 11.6 Å². The molecule has 0 saturated carbocycles. The summed E-state index contributed by atoms with van der Waals surface area (Å²) in [5.41, 5.74) is 2.02. The van der Waals surface area contributed by atoms with Crippen LogP contribution in [0.15, 0.2) is 48.5 Å². The van der Waals surface area contributed by atoms with Crippen LogP contribution in [-0.2, 0) is 6.54 Å². The first kappa shape index (κ1) is 18.5. The van der Waals surface area contributed by atoms with E-state index < -0.39 is 0 Å². The smallest absolute Gasteiger partial charge is 0.321 e. The summed E-state index contributed by atoms with van der Waals surface area (Å²) in [5.74, 6) is 0.870. The van der Waals surface area contributed by atoms with Crippen molar-refractivity contribution in [1.82, 2.24) is 9.80 Å². The number of carbonyl (C=O) groups is 1. The van der Waals surface area contributed by atoms with Gasteiger partial charge in [-0.05, 0) is 48.4 Å². The Kier molecular flexibility index (Phi) is 6.36. The topological polar surface area (TPSA) is 44.8 Å². The van der Waals surface area contributed by atoms with E-state index in [9.17, 15) is 4.79 Å². The van der Waals surface area contributed by atoms with Crippen LogP contribution in [0.2, 0.25) is 5.02 Å². The SMILES string of the molecule is COc1ccc(CN2CCCN(C(=O)Nc3ccc(Cl)cc3)CC2)cc1. The van der Waals surface area contributed by atoms with Crippen LogP contribution in [0.3, 0.4) is 0 Å². The summed E-state index contributed by atoms with van der Waals surface area (Å²) in [6.07, 6.45) is 0.962. The predicted octanol–water partition coefficient (Wildman–Crippen LogP) is 4.09. The van der Waals surface area contributed by atoms with E-state index in [1.54, 1.807) is 19.2 Å². The second kappa shape index (κ2) is 8.92. The van der Waals surface area contributed by atoms with Crippen molar-refractivity contribution < 1.29 is 9.53 Å². The van der Waals surface area contributed by atoms with Gasteiger partial charge in [0.25, 0.3) is 0 Å². The molecule has 1 fully saturated rings. The highest BCUT2D eigenvalue weighted by Gasteiger charge is 2.19. The van der Waals surface area contributed by atoms with Gasteiger partial charge in [-0.2, -0.15) is 0 Å². The second-order valence-electron chi connectivity index (χ2n) is 6.40. The third kappa shape index (κ3) is 5.13. The summed E-state index contributed by atoms with van der Waals surface area (Å²) < 4.78 is 5.20. The Hall–Kier alpha value is -2.24. The molecule has 5 nitrogen and oxygen atoms in total. The van der Waals surface area contributed by atoms with Gasteiger partial charge in [-0.15, -0.1) is 0 Å². The Morgan fingerprint density at radius 2 is 1.77 bits per heavy atom. The van der Waals surface area contributed by atoms with Crippen LogP contribution in [0.25, 0.3) is 0 Å². The van der Waals surface area contributed by atoms with Gasteiger partial charge in [0.1, 0.15) is 5.75 Å². The number of methoxy groups -OCH3 is 1. The molecule has 0 aliphatic carbocycles. The lowest BCUT2D eigenvalue weighted by Crippen LogP contribution is -2.38. The number of nitrogens with one attached hydrogen (secondary N) is 1. The molecule has 0 radical (unpaired) electrons. The van der Waals surface area contributed by atoms with E-state index in [4.69, 9.17) is 16.3 Å². The summed E-state index contributed by atoms with van der Waals surface area (Å²) in [6, 6.07) is 15.3. The van der Waals surface area contributed by atoms with E-state index in [-0.39, 0.29) is 6.03 Å². The van der Waals surface area contributed by atoms with Crippen molar-refractivity contribution in [3.05, 3.63) is 59.1 Å². The molecule has 1 heterocycles. The van der Waals surface area contributed by atoms with Crippen LogP contribution in [0.1, 0.15) is 12.0 Å². The fraction of sp³-hybridized carbons (Fsp3) is 0.350. The number of nitrogens with zero attached hydrogens (tertiary/aromatic N) is 2. The number of benzene rings is 2. The number of rotatable bonds is 4. The van der Waals surface area contributed by atoms with E-state index in [0.29, 0.717) is 5.02 Å². The molecule has 138 valence electrons. The standard InChI is InChI=1S/C20H24ClN3O2/c1-26-19-9-3-16(4-10-19)15-23-11-2-12-24(14-13-23)20(25)22-18-7-5-17(21)6-8-18/h3-10H,2,11-15H2,1H3,(H,22,25). The van der Waals surface area contributed by atoms with Gasteiger partial charge in [0.2, 0.25) is 0 Å². The van der Waals surface area contributed by atoms with E-state index in [0.717, 1.165) is 50.6 Å². The van der Waals surface area contributed by atoms with Crippen molar-refractivity contribution in [2.24, 2.45) is 0 Å². The fourth-order valence-corrected chi connectivity index (χ4v) is 3.18. The Morgan fingerprint density at radius 1 is 1.04 bits per heavy atom. The molecule has 2 aromatic rings. The van der Waals surface area contributed by atoms with Crippen LogP contribution in [-0.4, -0.2) is 49.1 Å². The molecular formula is C20H24ClN3O2. The van der Waals surface area contributed by atoms with Gasteiger partial charge in [-0.1, -0.05) is 23.7 Å². The Morgan fingerprint density at radius 3 is 2.46 bits per heavy atom. The maximum Gasteiger partial charge on any atom is 0.321 e. The number of amides is 2. The van der Waals surface area contributed by atoms with Crippen LogP contribution < -0.4 is 10.1 Å². The number of anilines is 1. The highest BCUT2D eigenvalue weighted by Crippen LogP contribution is 2.16. The van der Waals surface area contributed by atoms with Gasteiger partial charge >= 0.3 is 6.03 Å². The summed E-state index contributed by atoms with van der Waals surface area (Å²) in [4.78, 5) is 16.8. The summed E-state index contributed by atoms with van der Waals surface area (Å²) in [5, 5.41) is 3.60. The van der Waals surface area contributed by atoms with Crippen molar-refractivity contribution in [2.45, 2.75) is 13.0 Å². The minimum atomic E-state index is -0.0568. The normalized spacial score (nSPS) is 15.4. The molecule has 0 aromatic heterocycles. The van der Waals surface area contributed by atoms with E-state index in [1.807, 2.05) is 29.2 Å². The van der Waals surface area contributed by atoms with E-state index in [1.165, 1.54) is 5.56 Å². The third-order valence-electron chi connectivity index (χ3n) is 4.54. The Bertz CT molecular complexity index is 719. The minimum absolute atomic E-state index is 0.0568. The number of halogens is 1. The lowest BCUT2D eigenvalue weighted by Gasteiger charge is -2.22. The van der Waals surface area contributed by atoms with Crippen LogP contribution in [0.5, 0.6) is 5.75 Å². The minimum Gasteiger partial charge on any atom is -0.497 e. The summed E-state index contributed by atoms with van der Waals surface area (Å²) >= 11 is 5.88. The van der Waals surface area contributed by atoms with Gasteiger partial charge in [-0.25, -0.2) is 4.79 Å². The highest BCUT2D eigenvalue weighted by molar-refractivity contribution is 6.30. The monoisotopic (exact) mass is 373 g/mol. The lowest BCUT2D eigenvalue weighted by molar-refractivity contribution is 0.211. The summed E-state index contributed by atoms with van der Waals surface area (Å²) in [7, 11) is 1.67. The van der Waals surface area contributed by atoms with Crippen molar-refractivity contribution in [2.75, 3.05) is 38.6 Å². The first-order valence-corrected chi connectivity index (χ1v) is 9.18. The highest BCUT2D eigenvalue weighted by atomic mass is 35.5. The van der Waals surface area contributed by atoms with Gasteiger partial charge in [0.15, 0.2) is 0 Å². The Labute approximate surface area is 159 Å². The van der Waals surface area contributed by atoms with E-state index >= 15 is 0 Å². The second-order valence-corrected chi connectivity index (χ2v) is 6.84. The molecule has 0 atom stereocenters. The molecule has 2 aromatic carbocycles. The molecule has 1 aliphatic rings. The van der Waals surface area contributed by atoms with Gasteiger partial charge in [0.05, 0.1) is 7.11 Å². The maximum absolute atomic E-state index is 12.5. The van der Waals surface area contributed by atoms with Crippen molar-refractivity contribution in [1.29, 1.82) is 0 Å². The molecule has 26 heavy (non-hydrogen) atoms. The Balaban J connectivity index is 1.52. The van der Waals surface area contributed by atoms with Crippen molar-refractivity contribution >= 4 is 23.3 Å². The zero-order valence-corrected chi connectivity index (χ0v) is 15.7. The van der Waals surface area contributed by atoms with Crippen molar-refractivity contribution in [3.63, 3.8) is 0 Å². The summed E-state index contributed by atoms with van der Waals surface area (Å²) in [6.45, 7) is 4.21. The van der Waals surface area contributed by atoms with Gasteiger partial charge < -0.3 is 15.0 Å². The molecule has 0 unspecified atom stereocenters. The molecule has 2 amide bonds. The predicted molar refractivity (Wildman–Crippen MR) is 105 cm³/mol. The number of urea groups is 1. The van der Waals surface area contributed by atoms with Gasteiger partial charge in [-0.3, -0.25) is 4.90 Å². The average Bonchev–Trinajstić information content (AvgIpc) is 2.90. The molecule has 0 spiro atoms. The van der Waals surface area contributed by atoms with E-state index in [2.05, 4.69) is 22.3 Å². The zero-order chi connectivity index (χ0) is 18.4. The molecule has 1 N–H and O–H groups in total. The number of hydrogen-bond donors (Lipinski definition) is 1. The third-order valence-corrected chi connectivity index (χ3v) is 4.79. The molecule has 3 rings (SSSR count). The largest absolute Gasteiger partial charge is 0.497 e. The fourth-order valence-electron chi connectivity index (χ4n) is 3.06. The number of hydrogen-bond acceptors (Lipinski definition) is 3. The zero-order valence-electron chi connectivity index (χ0n) is 15.0. The first-order chi connectivity index (χ1) is 12.6. The first-order valence-electron chi connectivity index (χ1n) is 8.81. The maximum atomic E-state index is 12.5. The molecular weight excluding hydrogens is 350 g/mol. The van der Waals surface area contributed by atoms with Crippen molar-refractivity contribution in [3.8, 4) is 5.75 Å². The van der Waals surface area contributed by atoms with Crippen LogP contribution in [0.4, 0.5) is 10.5 Å².